The summed E-state index contributed by atoms with van der Waals surface area (Å²) in [6.07, 6.45) is 0. The van der Waals surface area contributed by atoms with Gasteiger partial charge in [-0.15, -0.1) is 11.3 Å². The van der Waals surface area contributed by atoms with Crippen molar-refractivity contribution in [2.75, 3.05) is 32.6 Å². The van der Waals surface area contributed by atoms with Gasteiger partial charge >= 0.3 is 6.03 Å². The van der Waals surface area contributed by atoms with Crippen molar-refractivity contribution in [1.29, 1.82) is 0 Å². The Labute approximate surface area is 163 Å². The molecule has 0 aliphatic rings. The number of carbonyl (C=O) groups excluding carboxylic acids is 1. The fraction of sp³-hybridized carbons (Fsp3) is 0.286. The number of rotatable bonds is 7. The minimum absolute atomic E-state index is 0.104. The number of amides is 2. The maximum Gasteiger partial charge on any atom is 0.319 e. The molecule has 0 saturated heterocycles. The molecule has 1 aromatic heterocycles. The zero-order valence-corrected chi connectivity index (χ0v) is 16.7. The largest absolute Gasteiger partial charge is 0.494 e. The number of fused-ring (bicyclic) bond motifs is 1. The van der Waals surface area contributed by atoms with Crippen molar-refractivity contribution >= 4 is 33.1 Å². The molecule has 3 aromatic rings. The zero-order valence-electron chi connectivity index (χ0n) is 15.9. The predicted molar refractivity (Wildman–Crippen MR) is 113 cm³/mol. The summed E-state index contributed by atoms with van der Waals surface area (Å²) >= 11 is 1.73. The molecule has 2 aromatic carbocycles. The first kappa shape index (κ1) is 19.2. The first-order chi connectivity index (χ1) is 13.1. The molecule has 2 N–H and O–H groups in total. The lowest BCUT2D eigenvalue weighted by Crippen LogP contribution is -2.36. The van der Waals surface area contributed by atoms with Crippen LogP contribution in [0.25, 0.3) is 10.1 Å². The van der Waals surface area contributed by atoms with Crippen molar-refractivity contribution in [2.24, 2.45) is 0 Å². The van der Waals surface area contributed by atoms with Gasteiger partial charge in [-0.05, 0) is 67.7 Å². The SMILES string of the molecule is CCOc1ccc(NC(=O)NC[C@H](c2csc3ccccc23)N(C)C)cc1. The Kier molecular flexibility index (Phi) is 6.32. The number of ether oxygens (including phenoxy) is 1. The van der Waals surface area contributed by atoms with E-state index in [9.17, 15) is 4.79 Å². The topological polar surface area (TPSA) is 53.6 Å². The van der Waals surface area contributed by atoms with Crippen LogP contribution in [0.4, 0.5) is 10.5 Å². The molecular formula is C21H25N3O2S. The summed E-state index contributed by atoms with van der Waals surface area (Å²) in [5.74, 6) is 0.792. The fourth-order valence-electron chi connectivity index (χ4n) is 2.99. The second-order valence-corrected chi connectivity index (χ2v) is 7.37. The van der Waals surface area contributed by atoms with Crippen LogP contribution in [0.5, 0.6) is 5.75 Å². The van der Waals surface area contributed by atoms with Gasteiger partial charge in [0.05, 0.1) is 12.6 Å². The normalized spacial score (nSPS) is 12.1. The van der Waals surface area contributed by atoms with Gasteiger partial charge in [0, 0.05) is 16.9 Å². The standard InChI is InChI=1S/C21H25N3O2S/c1-4-26-16-11-9-15(10-12-16)23-21(25)22-13-19(24(2)3)18-14-27-20-8-6-5-7-17(18)20/h5-12,14,19H,4,13H2,1-3H3,(H2,22,23,25)/t19-/m1/s1. The number of carbonyl (C=O) groups is 1. The van der Waals surface area contributed by atoms with E-state index in [2.05, 4.69) is 45.2 Å². The molecule has 3 rings (SSSR count). The van der Waals surface area contributed by atoms with E-state index in [0.29, 0.717) is 13.2 Å². The number of thiophene rings is 1. The summed E-state index contributed by atoms with van der Waals surface area (Å²) < 4.78 is 6.68. The Bertz CT molecular complexity index is 890. The maximum atomic E-state index is 12.3. The molecule has 2 amide bonds. The van der Waals surface area contributed by atoms with Crippen molar-refractivity contribution in [1.82, 2.24) is 10.2 Å². The van der Waals surface area contributed by atoms with E-state index >= 15 is 0 Å². The van der Waals surface area contributed by atoms with Crippen LogP contribution < -0.4 is 15.4 Å². The summed E-state index contributed by atoms with van der Waals surface area (Å²) in [6, 6.07) is 15.6. The van der Waals surface area contributed by atoms with Gasteiger partial charge < -0.3 is 20.3 Å². The highest BCUT2D eigenvalue weighted by atomic mass is 32.1. The van der Waals surface area contributed by atoms with Gasteiger partial charge in [-0.2, -0.15) is 0 Å². The van der Waals surface area contributed by atoms with Gasteiger partial charge in [-0.1, -0.05) is 18.2 Å². The number of hydrogen-bond donors (Lipinski definition) is 2. The van der Waals surface area contributed by atoms with Gasteiger partial charge in [-0.3, -0.25) is 0 Å². The molecule has 0 aliphatic carbocycles. The first-order valence-corrected chi connectivity index (χ1v) is 9.86. The molecule has 0 radical (unpaired) electrons. The van der Waals surface area contributed by atoms with Crippen molar-refractivity contribution in [3.63, 3.8) is 0 Å². The molecule has 6 heteroatoms. The lowest BCUT2D eigenvalue weighted by Gasteiger charge is -2.24. The maximum absolute atomic E-state index is 12.3. The monoisotopic (exact) mass is 383 g/mol. The molecule has 0 unspecified atom stereocenters. The lowest BCUT2D eigenvalue weighted by atomic mass is 10.0. The number of benzene rings is 2. The summed E-state index contributed by atoms with van der Waals surface area (Å²) in [4.78, 5) is 14.4. The van der Waals surface area contributed by atoms with Gasteiger partial charge in [0.25, 0.3) is 0 Å². The number of nitrogens with one attached hydrogen (secondary N) is 2. The third-order valence-electron chi connectivity index (χ3n) is 4.37. The van der Waals surface area contributed by atoms with Gasteiger partial charge in [0.2, 0.25) is 0 Å². The fourth-order valence-corrected chi connectivity index (χ4v) is 4.00. The number of hydrogen-bond acceptors (Lipinski definition) is 4. The van der Waals surface area contributed by atoms with Crippen LogP contribution in [-0.4, -0.2) is 38.2 Å². The highest BCUT2D eigenvalue weighted by Crippen LogP contribution is 2.32. The summed E-state index contributed by atoms with van der Waals surface area (Å²) in [7, 11) is 4.06. The number of nitrogens with zero attached hydrogens (tertiary/aromatic N) is 1. The molecule has 1 heterocycles. The average Bonchev–Trinajstić information content (AvgIpc) is 3.07. The van der Waals surface area contributed by atoms with E-state index in [1.54, 1.807) is 11.3 Å². The molecule has 0 saturated carbocycles. The van der Waals surface area contributed by atoms with E-state index < -0.39 is 0 Å². The second kappa shape index (κ2) is 8.88. The summed E-state index contributed by atoms with van der Waals surface area (Å²) in [5.41, 5.74) is 1.97. The highest BCUT2D eigenvalue weighted by Gasteiger charge is 2.19. The lowest BCUT2D eigenvalue weighted by molar-refractivity contribution is 0.243. The van der Waals surface area contributed by atoms with Crippen LogP contribution in [0.3, 0.4) is 0 Å². The van der Waals surface area contributed by atoms with E-state index in [0.717, 1.165) is 11.4 Å². The van der Waals surface area contributed by atoms with E-state index in [4.69, 9.17) is 4.74 Å². The average molecular weight is 384 g/mol. The van der Waals surface area contributed by atoms with Crippen LogP contribution in [0.1, 0.15) is 18.5 Å². The second-order valence-electron chi connectivity index (χ2n) is 6.46. The van der Waals surface area contributed by atoms with Crippen LogP contribution in [0, 0.1) is 0 Å². The van der Waals surface area contributed by atoms with Crippen molar-refractivity contribution in [3.8, 4) is 5.75 Å². The quantitative estimate of drug-likeness (QED) is 0.620. The zero-order chi connectivity index (χ0) is 19.2. The molecule has 0 fully saturated rings. The number of urea groups is 1. The van der Waals surface area contributed by atoms with Gasteiger partial charge in [0.1, 0.15) is 5.75 Å². The van der Waals surface area contributed by atoms with Crippen molar-refractivity contribution in [3.05, 3.63) is 59.5 Å². The van der Waals surface area contributed by atoms with Crippen LogP contribution in [0.2, 0.25) is 0 Å². The number of likely N-dealkylation sites (N-methyl/N-ethyl adjacent to an activating group) is 1. The first-order valence-electron chi connectivity index (χ1n) is 8.98. The molecule has 142 valence electrons. The molecular weight excluding hydrogens is 358 g/mol. The molecule has 5 nitrogen and oxygen atoms in total. The third-order valence-corrected chi connectivity index (χ3v) is 5.35. The summed E-state index contributed by atoms with van der Waals surface area (Å²) in [6.45, 7) is 3.09. The van der Waals surface area contributed by atoms with E-state index in [1.165, 1.54) is 15.6 Å². The van der Waals surface area contributed by atoms with Crippen LogP contribution in [0.15, 0.2) is 53.9 Å². The van der Waals surface area contributed by atoms with Crippen LogP contribution in [-0.2, 0) is 0 Å². The highest BCUT2D eigenvalue weighted by molar-refractivity contribution is 7.17. The summed E-state index contributed by atoms with van der Waals surface area (Å²) in [5, 5.41) is 9.28. The predicted octanol–water partition coefficient (Wildman–Crippen LogP) is 4.72. The smallest absolute Gasteiger partial charge is 0.319 e. The van der Waals surface area contributed by atoms with E-state index in [-0.39, 0.29) is 12.1 Å². The minimum Gasteiger partial charge on any atom is -0.494 e. The molecule has 27 heavy (non-hydrogen) atoms. The van der Waals surface area contributed by atoms with Gasteiger partial charge in [-0.25, -0.2) is 4.79 Å². The van der Waals surface area contributed by atoms with Gasteiger partial charge in [0.15, 0.2) is 0 Å². The number of anilines is 1. The van der Waals surface area contributed by atoms with Crippen molar-refractivity contribution < 1.29 is 9.53 Å². The molecule has 0 aliphatic heterocycles. The Balaban J connectivity index is 1.63. The third kappa shape index (κ3) is 4.78. The minimum atomic E-state index is -0.217. The Morgan fingerprint density at radius 1 is 1.15 bits per heavy atom. The van der Waals surface area contributed by atoms with E-state index in [1.807, 2.05) is 45.3 Å². The molecule has 1 atom stereocenters. The molecule has 0 spiro atoms. The van der Waals surface area contributed by atoms with Crippen molar-refractivity contribution in [2.45, 2.75) is 13.0 Å². The Morgan fingerprint density at radius 3 is 2.59 bits per heavy atom. The Morgan fingerprint density at radius 2 is 1.89 bits per heavy atom. The Hall–Kier alpha value is -2.57. The molecule has 0 bridgehead atoms. The van der Waals surface area contributed by atoms with Crippen LogP contribution >= 0.6 is 11.3 Å².